The van der Waals surface area contributed by atoms with E-state index in [0.717, 1.165) is 11.1 Å². The molecule has 2 atom stereocenters. The zero-order valence-electron chi connectivity index (χ0n) is 26.4. The number of ether oxygens (including phenoxy) is 2. The van der Waals surface area contributed by atoms with Crippen LogP contribution in [0.3, 0.4) is 0 Å². The molecule has 12 nitrogen and oxygen atoms in total. The van der Waals surface area contributed by atoms with Gasteiger partial charge < -0.3 is 36.5 Å². The van der Waals surface area contributed by atoms with Crippen LogP contribution in [0.2, 0.25) is 0 Å². The number of carbonyl (C=O) groups excluding carboxylic acids is 5. The van der Waals surface area contributed by atoms with Gasteiger partial charge in [0.15, 0.2) is 0 Å². The van der Waals surface area contributed by atoms with E-state index >= 15 is 0 Å². The minimum Gasteiger partial charge on any atom is -0.461 e. The fourth-order valence-electron chi connectivity index (χ4n) is 4.16. The Kier molecular flexibility index (Phi) is 16.9. The normalized spacial score (nSPS) is 12.1. The first-order valence-electron chi connectivity index (χ1n) is 15.3. The van der Waals surface area contributed by atoms with Crippen LogP contribution in [-0.2, 0) is 46.5 Å². The first-order valence-corrected chi connectivity index (χ1v) is 15.3. The van der Waals surface area contributed by atoms with E-state index in [-0.39, 0.29) is 56.4 Å². The Morgan fingerprint density at radius 1 is 0.822 bits per heavy atom. The molecule has 0 aliphatic carbocycles. The van der Waals surface area contributed by atoms with Gasteiger partial charge in [0.25, 0.3) is 0 Å². The molecule has 2 aromatic rings. The van der Waals surface area contributed by atoms with Crippen LogP contribution in [-0.4, -0.2) is 68.0 Å². The fraction of sp³-hybridized carbons (Fsp3) is 0.485. The van der Waals surface area contributed by atoms with Gasteiger partial charge in [-0.2, -0.15) is 0 Å². The van der Waals surface area contributed by atoms with Crippen molar-refractivity contribution in [3.8, 4) is 0 Å². The molecule has 0 aromatic heterocycles. The number of hydrogen-bond acceptors (Lipinski definition) is 8. The molecule has 2 aromatic carbocycles. The second-order valence-corrected chi connectivity index (χ2v) is 10.9. The van der Waals surface area contributed by atoms with Gasteiger partial charge in [0.1, 0.15) is 18.7 Å². The molecule has 0 aliphatic heterocycles. The summed E-state index contributed by atoms with van der Waals surface area (Å²) in [5, 5.41) is 11.1. The van der Waals surface area contributed by atoms with Gasteiger partial charge in [0.05, 0.1) is 19.1 Å². The molecule has 0 aliphatic rings. The van der Waals surface area contributed by atoms with Gasteiger partial charge >= 0.3 is 5.97 Å². The Hall–Kier alpha value is -4.29. The molecular formula is C33H47N5O7. The molecule has 0 unspecified atom stereocenters. The van der Waals surface area contributed by atoms with E-state index in [2.05, 4.69) is 21.3 Å². The highest BCUT2D eigenvalue weighted by atomic mass is 16.5. The van der Waals surface area contributed by atoms with Crippen LogP contribution in [0.5, 0.6) is 0 Å². The zero-order chi connectivity index (χ0) is 33.0. The second kappa shape index (κ2) is 20.6. The Morgan fingerprint density at radius 3 is 2.18 bits per heavy atom. The van der Waals surface area contributed by atoms with Gasteiger partial charge in [-0.3, -0.25) is 24.0 Å². The number of rotatable bonds is 20. The van der Waals surface area contributed by atoms with Crippen LogP contribution < -0.4 is 27.0 Å². The molecule has 0 saturated carbocycles. The summed E-state index contributed by atoms with van der Waals surface area (Å²) in [6.45, 7) is 6.22. The average molecular weight is 626 g/mol. The topological polar surface area (TPSA) is 178 Å². The zero-order valence-corrected chi connectivity index (χ0v) is 26.4. The van der Waals surface area contributed by atoms with Crippen LogP contribution >= 0.6 is 0 Å². The standard InChI is InChI=1S/C33H47N5O7/c1-23(2)33(43)45-22-26-12-14-27(15-13-26)36-31(41)28(11-7-8-17-34)38-32(42)29(21-25-9-5-4-6-10-25)37-30(40)16-19-44-20-18-35-24(3)39/h4-6,9-10,12-15,23,28-29H,7-8,11,16-22,34H2,1-3H3,(H,35,39)(H,36,41)(H,37,40)(H,38,42)/t28-,29-/m0/s1. The van der Waals surface area contributed by atoms with Gasteiger partial charge in [-0.1, -0.05) is 56.3 Å². The average Bonchev–Trinajstić information content (AvgIpc) is 3.01. The van der Waals surface area contributed by atoms with Crippen LogP contribution in [0.15, 0.2) is 54.6 Å². The molecule has 6 N–H and O–H groups in total. The Labute approximate surface area is 265 Å². The fourth-order valence-corrected chi connectivity index (χ4v) is 4.16. The third kappa shape index (κ3) is 15.3. The smallest absolute Gasteiger partial charge is 0.308 e. The molecule has 2 rings (SSSR count). The number of anilines is 1. The van der Waals surface area contributed by atoms with Crippen molar-refractivity contribution >= 4 is 35.3 Å². The van der Waals surface area contributed by atoms with Crippen molar-refractivity contribution in [3.05, 3.63) is 65.7 Å². The summed E-state index contributed by atoms with van der Waals surface area (Å²) in [7, 11) is 0. The Bertz CT molecular complexity index is 1220. The number of carbonyl (C=O) groups is 5. The maximum absolute atomic E-state index is 13.5. The summed E-state index contributed by atoms with van der Waals surface area (Å²) >= 11 is 0. The Morgan fingerprint density at radius 2 is 1.53 bits per heavy atom. The lowest BCUT2D eigenvalue weighted by atomic mass is 10.0. The minimum absolute atomic E-state index is 0.0196. The van der Waals surface area contributed by atoms with Crippen molar-refractivity contribution in [2.75, 3.05) is 31.6 Å². The molecule has 0 heterocycles. The predicted molar refractivity (Wildman–Crippen MR) is 171 cm³/mol. The third-order valence-corrected chi connectivity index (χ3v) is 6.68. The molecule has 0 spiro atoms. The second-order valence-electron chi connectivity index (χ2n) is 10.9. The number of unbranched alkanes of at least 4 members (excludes halogenated alkanes) is 1. The SMILES string of the molecule is CC(=O)NCCOCCC(=O)N[C@@H](Cc1ccccc1)C(=O)N[C@@H](CCCCN)C(=O)Nc1ccc(COC(=O)C(C)C)cc1. The molecule has 246 valence electrons. The van der Waals surface area contributed by atoms with E-state index in [1.54, 1.807) is 38.1 Å². The highest BCUT2D eigenvalue weighted by Gasteiger charge is 2.27. The number of amides is 4. The number of hydrogen-bond donors (Lipinski definition) is 5. The lowest BCUT2D eigenvalue weighted by molar-refractivity contribution is -0.148. The molecule has 0 saturated heterocycles. The van der Waals surface area contributed by atoms with Gasteiger partial charge in [0, 0.05) is 32.0 Å². The molecule has 0 bridgehead atoms. The summed E-state index contributed by atoms with van der Waals surface area (Å²) < 4.78 is 10.7. The van der Waals surface area contributed by atoms with Crippen molar-refractivity contribution in [3.63, 3.8) is 0 Å². The number of nitrogens with two attached hydrogens (primary N) is 1. The molecular weight excluding hydrogens is 578 g/mol. The maximum atomic E-state index is 13.5. The van der Waals surface area contributed by atoms with E-state index in [9.17, 15) is 24.0 Å². The summed E-state index contributed by atoms with van der Waals surface area (Å²) in [5.74, 6) is -1.96. The van der Waals surface area contributed by atoms with Crippen molar-refractivity contribution in [1.82, 2.24) is 16.0 Å². The first-order chi connectivity index (χ1) is 21.6. The van der Waals surface area contributed by atoms with Crippen molar-refractivity contribution in [1.29, 1.82) is 0 Å². The van der Waals surface area contributed by atoms with Crippen molar-refractivity contribution in [2.45, 2.75) is 71.6 Å². The summed E-state index contributed by atoms with van der Waals surface area (Å²) in [6, 6.07) is 14.4. The van der Waals surface area contributed by atoms with E-state index < -0.39 is 23.9 Å². The molecule has 4 amide bonds. The van der Waals surface area contributed by atoms with Gasteiger partial charge in [-0.05, 0) is 49.1 Å². The number of esters is 1. The molecule has 0 fully saturated rings. The van der Waals surface area contributed by atoms with Crippen molar-refractivity contribution in [2.24, 2.45) is 11.7 Å². The van der Waals surface area contributed by atoms with Crippen LogP contribution in [0, 0.1) is 5.92 Å². The van der Waals surface area contributed by atoms with E-state index in [4.69, 9.17) is 15.2 Å². The highest BCUT2D eigenvalue weighted by molar-refractivity contribution is 5.98. The number of benzene rings is 2. The minimum atomic E-state index is -0.933. The molecule has 45 heavy (non-hydrogen) atoms. The Balaban J connectivity index is 2.06. The largest absolute Gasteiger partial charge is 0.461 e. The monoisotopic (exact) mass is 625 g/mol. The first kappa shape index (κ1) is 36.9. The lowest BCUT2D eigenvalue weighted by Gasteiger charge is -2.23. The van der Waals surface area contributed by atoms with Crippen LogP contribution in [0.1, 0.15) is 57.6 Å². The van der Waals surface area contributed by atoms with Crippen molar-refractivity contribution < 1.29 is 33.4 Å². The predicted octanol–water partition coefficient (Wildman–Crippen LogP) is 2.21. The lowest BCUT2D eigenvalue weighted by Crippen LogP contribution is -2.53. The van der Waals surface area contributed by atoms with E-state index in [1.165, 1.54) is 6.92 Å². The highest BCUT2D eigenvalue weighted by Crippen LogP contribution is 2.13. The summed E-state index contributed by atoms with van der Waals surface area (Å²) in [4.78, 5) is 62.3. The van der Waals surface area contributed by atoms with Gasteiger partial charge in [-0.15, -0.1) is 0 Å². The third-order valence-electron chi connectivity index (χ3n) is 6.68. The summed E-state index contributed by atoms with van der Waals surface area (Å²) in [5.41, 5.74) is 7.79. The quantitative estimate of drug-likeness (QED) is 0.110. The number of nitrogens with one attached hydrogen (secondary N) is 4. The molecule has 0 radical (unpaired) electrons. The maximum Gasteiger partial charge on any atom is 0.308 e. The van der Waals surface area contributed by atoms with Gasteiger partial charge in [-0.25, -0.2) is 0 Å². The van der Waals surface area contributed by atoms with Crippen LogP contribution in [0.4, 0.5) is 5.69 Å². The van der Waals surface area contributed by atoms with E-state index in [1.807, 2.05) is 30.3 Å². The van der Waals surface area contributed by atoms with Gasteiger partial charge in [0.2, 0.25) is 23.6 Å². The molecule has 12 heteroatoms. The summed E-state index contributed by atoms with van der Waals surface area (Å²) in [6.07, 6.45) is 1.88. The van der Waals surface area contributed by atoms with Crippen LogP contribution in [0.25, 0.3) is 0 Å². The van der Waals surface area contributed by atoms with E-state index in [0.29, 0.717) is 38.0 Å².